The second kappa shape index (κ2) is 8.49. The summed E-state index contributed by atoms with van der Waals surface area (Å²) in [6.07, 6.45) is 0.984. The SMILES string of the molecule is COC(=O)N1CCN(Cc2ccc(F)c(NC(=O)Nc3ccon3)c2)CC1. The summed E-state index contributed by atoms with van der Waals surface area (Å²) in [5, 5.41) is 8.45. The number of carbonyl (C=O) groups excluding carboxylic acids is 2. The van der Waals surface area contributed by atoms with Crippen molar-refractivity contribution in [1.82, 2.24) is 15.0 Å². The number of nitrogens with zero attached hydrogens (tertiary/aromatic N) is 3. The first kappa shape index (κ1) is 18.6. The third kappa shape index (κ3) is 4.94. The van der Waals surface area contributed by atoms with E-state index < -0.39 is 11.8 Å². The fourth-order valence-electron chi connectivity index (χ4n) is 2.79. The number of aromatic nitrogens is 1. The van der Waals surface area contributed by atoms with Crippen LogP contribution in [-0.4, -0.2) is 60.4 Å². The normalized spacial score (nSPS) is 14.7. The molecular weight excluding hydrogens is 357 g/mol. The molecule has 3 rings (SSSR count). The number of ether oxygens (including phenoxy) is 1. The first-order valence-electron chi connectivity index (χ1n) is 8.37. The van der Waals surface area contributed by atoms with E-state index in [0.29, 0.717) is 32.7 Å². The average Bonchev–Trinajstić information content (AvgIpc) is 3.17. The first-order chi connectivity index (χ1) is 13.0. The Morgan fingerprint density at radius 1 is 1.22 bits per heavy atom. The van der Waals surface area contributed by atoms with E-state index in [4.69, 9.17) is 4.74 Å². The molecule has 1 aromatic carbocycles. The Hall–Kier alpha value is -3.14. The third-order valence-electron chi connectivity index (χ3n) is 4.17. The number of methoxy groups -OCH3 is 1. The molecule has 1 aliphatic rings. The molecule has 0 bridgehead atoms. The van der Waals surface area contributed by atoms with Gasteiger partial charge in [-0.15, -0.1) is 0 Å². The van der Waals surface area contributed by atoms with E-state index in [0.717, 1.165) is 5.56 Å². The summed E-state index contributed by atoms with van der Waals surface area (Å²) >= 11 is 0. The minimum atomic E-state index is -0.619. The Bertz CT molecular complexity index is 791. The summed E-state index contributed by atoms with van der Waals surface area (Å²) in [6.45, 7) is 3.08. The molecule has 0 unspecified atom stereocenters. The zero-order chi connectivity index (χ0) is 19.2. The van der Waals surface area contributed by atoms with E-state index in [2.05, 4.69) is 25.2 Å². The molecule has 0 radical (unpaired) electrons. The van der Waals surface area contributed by atoms with E-state index in [1.54, 1.807) is 17.0 Å². The molecule has 10 heteroatoms. The van der Waals surface area contributed by atoms with Gasteiger partial charge in [-0.3, -0.25) is 10.2 Å². The zero-order valence-electron chi connectivity index (χ0n) is 14.8. The number of hydrogen-bond donors (Lipinski definition) is 2. The maximum Gasteiger partial charge on any atom is 0.409 e. The van der Waals surface area contributed by atoms with Crippen LogP contribution in [0.2, 0.25) is 0 Å². The Kier molecular flexibility index (Phi) is 5.87. The smallest absolute Gasteiger partial charge is 0.409 e. The van der Waals surface area contributed by atoms with Gasteiger partial charge in [-0.25, -0.2) is 14.0 Å². The standard InChI is InChI=1S/C17H20FN5O4/c1-26-17(25)23-7-5-22(6-8-23)11-12-2-3-13(18)14(10-12)19-16(24)20-15-4-9-27-21-15/h2-4,9-10H,5-8,11H2,1H3,(H2,19,20,21,24). The van der Waals surface area contributed by atoms with E-state index in [-0.39, 0.29) is 17.6 Å². The van der Waals surface area contributed by atoms with Crippen molar-refractivity contribution in [3.63, 3.8) is 0 Å². The summed E-state index contributed by atoms with van der Waals surface area (Å²) in [5.74, 6) is -0.308. The number of carbonyl (C=O) groups is 2. The molecule has 1 aliphatic heterocycles. The fourth-order valence-corrected chi connectivity index (χ4v) is 2.79. The number of urea groups is 1. The second-order valence-electron chi connectivity index (χ2n) is 6.01. The maximum absolute atomic E-state index is 14.0. The summed E-state index contributed by atoms with van der Waals surface area (Å²) in [5.41, 5.74) is 0.918. The van der Waals surface area contributed by atoms with Crippen LogP contribution < -0.4 is 10.6 Å². The summed E-state index contributed by atoms with van der Waals surface area (Å²) in [6, 6.07) is 5.42. The van der Waals surface area contributed by atoms with Crippen LogP contribution in [-0.2, 0) is 11.3 Å². The summed E-state index contributed by atoms with van der Waals surface area (Å²) in [4.78, 5) is 27.2. The van der Waals surface area contributed by atoms with Crippen LogP contribution in [0.1, 0.15) is 5.56 Å². The fraction of sp³-hybridized carbons (Fsp3) is 0.353. The van der Waals surface area contributed by atoms with Crippen LogP contribution >= 0.6 is 0 Å². The topological polar surface area (TPSA) is 99.9 Å². The number of nitrogens with one attached hydrogen (secondary N) is 2. The highest BCUT2D eigenvalue weighted by molar-refractivity contribution is 5.99. The van der Waals surface area contributed by atoms with Gasteiger partial charge in [0.25, 0.3) is 0 Å². The van der Waals surface area contributed by atoms with Gasteiger partial charge in [0.05, 0.1) is 12.8 Å². The number of benzene rings is 1. The molecule has 1 aromatic heterocycles. The number of rotatable bonds is 4. The molecule has 2 N–H and O–H groups in total. The molecule has 0 saturated carbocycles. The second-order valence-corrected chi connectivity index (χ2v) is 6.01. The lowest BCUT2D eigenvalue weighted by Gasteiger charge is -2.33. The van der Waals surface area contributed by atoms with Crippen molar-refractivity contribution in [3.8, 4) is 0 Å². The Labute approximate surface area is 155 Å². The van der Waals surface area contributed by atoms with Gasteiger partial charge in [0.15, 0.2) is 5.82 Å². The van der Waals surface area contributed by atoms with Crippen molar-refractivity contribution >= 4 is 23.6 Å². The van der Waals surface area contributed by atoms with Crippen LogP contribution in [0.25, 0.3) is 0 Å². The molecule has 0 spiro atoms. The molecule has 3 amide bonds. The van der Waals surface area contributed by atoms with Gasteiger partial charge < -0.3 is 19.5 Å². The van der Waals surface area contributed by atoms with E-state index in [9.17, 15) is 14.0 Å². The van der Waals surface area contributed by atoms with Gasteiger partial charge in [-0.2, -0.15) is 0 Å². The lowest BCUT2D eigenvalue weighted by Crippen LogP contribution is -2.48. The van der Waals surface area contributed by atoms with Crippen molar-refractivity contribution in [2.45, 2.75) is 6.54 Å². The Morgan fingerprint density at radius 2 is 2.00 bits per heavy atom. The van der Waals surface area contributed by atoms with Crippen LogP contribution in [0.4, 0.5) is 25.5 Å². The number of piperazine rings is 1. The highest BCUT2D eigenvalue weighted by Crippen LogP contribution is 2.19. The maximum atomic E-state index is 14.0. The van der Waals surface area contributed by atoms with Gasteiger partial charge >= 0.3 is 12.1 Å². The Balaban J connectivity index is 1.57. The van der Waals surface area contributed by atoms with Gasteiger partial charge in [-0.05, 0) is 17.7 Å². The predicted octanol–water partition coefficient (Wildman–Crippen LogP) is 2.34. The van der Waals surface area contributed by atoms with Crippen LogP contribution in [0.3, 0.4) is 0 Å². The lowest BCUT2D eigenvalue weighted by atomic mass is 10.1. The molecule has 0 atom stereocenters. The van der Waals surface area contributed by atoms with Gasteiger partial charge in [0, 0.05) is 38.8 Å². The van der Waals surface area contributed by atoms with Gasteiger partial charge in [0.2, 0.25) is 0 Å². The van der Waals surface area contributed by atoms with E-state index in [1.165, 1.54) is 25.5 Å². The number of hydrogen-bond acceptors (Lipinski definition) is 6. The van der Waals surface area contributed by atoms with Crippen molar-refractivity contribution < 1.29 is 23.2 Å². The monoisotopic (exact) mass is 377 g/mol. The number of halogens is 1. The molecule has 0 aliphatic carbocycles. The zero-order valence-corrected chi connectivity index (χ0v) is 14.8. The molecular formula is C17H20FN5O4. The van der Waals surface area contributed by atoms with Crippen molar-refractivity contribution in [2.24, 2.45) is 0 Å². The van der Waals surface area contributed by atoms with Crippen LogP contribution in [0.15, 0.2) is 35.1 Å². The molecule has 9 nitrogen and oxygen atoms in total. The molecule has 27 heavy (non-hydrogen) atoms. The molecule has 2 aromatic rings. The molecule has 1 fully saturated rings. The molecule has 1 saturated heterocycles. The number of anilines is 2. The predicted molar refractivity (Wildman–Crippen MR) is 94.8 cm³/mol. The number of amides is 3. The quantitative estimate of drug-likeness (QED) is 0.848. The summed E-state index contributed by atoms with van der Waals surface area (Å²) in [7, 11) is 1.36. The highest BCUT2D eigenvalue weighted by atomic mass is 19.1. The lowest BCUT2D eigenvalue weighted by molar-refractivity contribution is 0.0889. The first-order valence-corrected chi connectivity index (χ1v) is 8.37. The van der Waals surface area contributed by atoms with Crippen LogP contribution in [0.5, 0.6) is 0 Å². The van der Waals surface area contributed by atoms with Crippen LogP contribution in [0, 0.1) is 5.82 Å². The third-order valence-corrected chi connectivity index (χ3v) is 4.17. The molecule has 144 valence electrons. The van der Waals surface area contributed by atoms with Crippen molar-refractivity contribution in [3.05, 3.63) is 41.9 Å². The van der Waals surface area contributed by atoms with E-state index in [1.807, 2.05) is 0 Å². The van der Waals surface area contributed by atoms with Gasteiger partial charge in [0.1, 0.15) is 12.1 Å². The minimum Gasteiger partial charge on any atom is -0.453 e. The summed E-state index contributed by atoms with van der Waals surface area (Å²) < 4.78 is 23.4. The van der Waals surface area contributed by atoms with Crippen molar-refractivity contribution in [1.29, 1.82) is 0 Å². The Morgan fingerprint density at radius 3 is 2.67 bits per heavy atom. The van der Waals surface area contributed by atoms with Crippen molar-refractivity contribution in [2.75, 3.05) is 43.9 Å². The van der Waals surface area contributed by atoms with E-state index >= 15 is 0 Å². The minimum absolute atomic E-state index is 0.0710. The largest absolute Gasteiger partial charge is 0.453 e. The highest BCUT2D eigenvalue weighted by Gasteiger charge is 2.21. The molecule has 2 heterocycles. The van der Waals surface area contributed by atoms with Gasteiger partial charge in [-0.1, -0.05) is 11.2 Å². The average molecular weight is 377 g/mol.